The Morgan fingerprint density at radius 1 is 0.300 bits per heavy atom. The number of nitrogens with one attached hydrogen (secondary N) is 1. The zero-order chi connectivity index (χ0) is 64.9. The first-order valence-electron chi connectivity index (χ1n) is 41.9. The molecule has 1 amide bonds. The molecule has 0 saturated carbocycles. The highest BCUT2D eigenvalue weighted by molar-refractivity contribution is 5.76. The summed E-state index contributed by atoms with van der Waals surface area (Å²) in [5.41, 5.74) is 0. The van der Waals surface area contributed by atoms with Crippen LogP contribution in [0.5, 0.6) is 0 Å². The summed E-state index contributed by atoms with van der Waals surface area (Å²) in [6.45, 7) is 5.00. The molecular formula is C84H165NO5. The fourth-order valence-corrected chi connectivity index (χ4v) is 13.7. The SMILES string of the molecule is CCCCCCC/C=C\CCCCCCCC(=O)OCCCCCCCCCCCCCCCCCCCCCCCCCCCCCCCCCCCCCCCC(=O)NC(CO)C(O)CCCCCCCCCCCCCCCCCCCCCCCC. The van der Waals surface area contributed by atoms with Crippen LogP contribution in [0, 0.1) is 0 Å². The molecule has 0 aromatic rings. The summed E-state index contributed by atoms with van der Waals surface area (Å²) in [4.78, 5) is 24.7. The van der Waals surface area contributed by atoms with Gasteiger partial charge in [-0.1, -0.05) is 437 Å². The predicted molar refractivity (Wildman–Crippen MR) is 398 cm³/mol. The van der Waals surface area contributed by atoms with E-state index in [0.29, 0.717) is 25.9 Å². The Hall–Kier alpha value is -1.40. The first-order valence-corrected chi connectivity index (χ1v) is 41.9. The number of hydrogen-bond acceptors (Lipinski definition) is 5. The van der Waals surface area contributed by atoms with E-state index >= 15 is 0 Å². The molecule has 6 nitrogen and oxygen atoms in total. The summed E-state index contributed by atoms with van der Waals surface area (Å²) in [6.07, 6.45) is 102. The van der Waals surface area contributed by atoms with Crippen molar-refractivity contribution in [3.63, 3.8) is 0 Å². The summed E-state index contributed by atoms with van der Waals surface area (Å²) < 4.78 is 5.50. The summed E-state index contributed by atoms with van der Waals surface area (Å²) in [6, 6.07) is -0.538. The average Bonchev–Trinajstić information content (AvgIpc) is 3.68. The minimum atomic E-state index is -0.661. The van der Waals surface area contributed by atoms with Crippen LogP contribution in [0.4, 0.5) is 0 Å². The molecule has 90 heavy (non-hydrogen) atoms. The van der Waals surface area contributed by atoms with Crippen molar-refractivity contribution in [2.24, 2.45) is 0 Å². The van der Waals surface area contributed by atoms with Crippen LogP contribution < -0.4 is 5.32 Å². The Labute approximate surface area is 565 Å². The third kappa shape index (κ3) is 75.6. The smallest absolute Gasteiger partial charge is 0.305 e. The van der Waals surface area contributed by atoms with E-state index in [9.17, 15) is 19.8 Å². The maximum atomic E-state index is 12.6. The normalized spacial score (nSPS) is 12.4. The van der Waals surface area contributed by atoms with Crippen molar-refractivity contribution >= 4 is 11.9 Å². The molecule has 0 aliphatic carbocycles. The third-order valence-electron chi connectivity index (χ3n) is 20.1. The Kier molecular flexibility index (Phi) is 78.8. The van der Waals surface area contributed by atoms with Crippen LogP contribution in [-0.2, 0) is 14.3 Å². The number of hydrogen-bond donors (Lipinski definition) is 3. The van der Waals surface area contributed by atoms with Crippen molar-refractivity contribution in [1.29, 1.82) is 0 Å². The number of amides is 1. The van der Waals surface area contributed by atoms with Gasteiger partial charge >= 0.3 is 5.97 Å². The molecule has 0 aliphatic heterocycles. The number of carbonyl (C=O) groups is 2. The quantitative estimate of drug-likeness (QED) is 0.0320. The van der Waals surface area contributed by atoms with E-state index in [1.807, 2.05) is 0 Å². The largest absolute Gasteiger partial charge is 0.466 e. The Bertz CT molecular complexity index is 1370. The maximum Gasteiger partial charge on any atom is 0.305 e. The summed E-state index contributed by atoms with van der Waals surface area (Å²) in [5, 5.41) is 23.5. The van der Waals surface area contributed by atoms with Gasteiger partial charge in [0.25, 0.3) is 0 Å². The first kappa shape index (κ1) is 88.6. The highest BCUT2D eigenvalue weighted by Gasteiger charge is 2.20. The zero-order valence-corrected chi connectivity index (χ0v) is 61.7. The molecule has 0 aromatic carbocycles. The van der Waals surface area contributed by atoms with Gasteiger partial charge in [-0.25, -0.2) is 0 Å². The molecule has 0 fully saturated rings. The van der Waals surface area contributed by atoms with Gasteiger partial charge in [0.2, 0.25) is 5.91 Å². The summed E-state index contributed by atoms with van der Waals surface area (Å²) in [5.74, 6) is -0.00703. The van der Waals surface area contributed by atoms with Crippen LogP contribution in [0.1, 0.15) is 489 Å². The van der Waals surface area contributed by atoms with Gasteiger partial charge in [0.05, 0.1) is 25.4 Å². The molecule has 2 atom stereocenters. The number of carbonyl (C=O) groups excluding carboxylic acids is 2. The molecule has 0 spiro atoms. The molecule has 3 N–H and O–H groups in total. The van der Waals surface area contributed by atoms with Crippen molar-refractivity contribution < 1.29 is 24.5 Å². The van der Waals surface area contributed by atoms with Gasteiger partial charge < -0.3 is 20.3 Å². The Morgan fingerprint density at radius 2 is 0.522 bits per heavy atom. The number of ether oxygens (including phenoxy) is 1. The second kappa shape index (κ2) is 80.0. The average molecular weight is 1270 g/mol. The fraction of sp³-hybridized carbons (Fsp3) is 0.952. The second-order valence-electron chi connectivity index (χ2n) is 29.2. The molecular weight excluding hydrogens is 1100 g/mol. The molecule has 0 aliphatic rings. The molecule has 0 rings (SSSR count). The fourth-order valence-electron chi connectivity index (χ4n) is 13.7. The van der Waals surface area contributed by atoms with E-state index in [0.717, 1.165) is 44.9 Å². The van der Waals surface area contributed by atoms with Crippen LogP contribution in [0.15, 0.2) is 12.2 Å². The van der Waals surface area contributed by atoms with Gasteiger partial charge in [-0.05, 0) is 51.4 Å². The topological polar surface area (TPSA) is 95.9 Å². The van der Waals surface area contributed by atoms with E-state index < -0.39 is 12.1 Å². The summed E-state index contributed by atoms with van der Waals surface area (Å²) >= 11 is 0. The van der Waals surface area contributed by atoms with Crippen LogP contribution in [0.2, 0.25) is 0 Å². The molecule has 0 radical (unpaired) electrons. The maximum absolute atomic E-state index is 12.6. The van der Waals surface area contributed by atoms with Gasteiger partial charge in [-0.3, -0.25) is 9.59 Å². The van der Waals surface area contributed by atoms with E-state index in [2.05, 4.69) is 31.3 Å². The van der Waals surface area contributed by atoms with Crippen molar-refractivity contribution in [2.45, 2.75) is 501 Å². The van der Waals surface area contributed by atoms with Crippen LogP contribution in [0.25, 0.3) is 0 Å². The highest BCUT2D eigenvalue weighted by atomic mass is 16.5. The molecule has 0 bridgehead atoms. The third-order valence-corrected chi connectivity index (χ3v) is 20.1. The number of aliphatic hydroxyl groups is 2. The van der Waals surface area contributed by atoms with Gasteiger partial charge in [-0.15, -0.1) is 0 Å². The molecule has 0 aromatic heterocycles. The number of aliphatic hydroxyl groups excluding tert-OH is 2. The minimum absolute atomic E-state index is 0.0160. The van der Waals surface area contributed by atoms with Crippen molar-refractivity contribution in [2.75, 3.05) is 13.2 Å². The van der Waals surface area contributed by atoms with Gasteiger partial charge in [0.15, 0.2) is 0 Å². The number of rotatable bonds is 80. The van der Waals surface area contributed by atoms with Crippen molar-refractivity contribution in [3.05, 3.63) is 12.2 Å². The lowest BCUT2D eigenvalue weighted by Gasteiger charge is -2.22. The van der Waals surface area contributed by atoms with Crippen LogP contribution in [0.3, 0.4) is 0 Å². The van der Waals surface area contributed by atoms with Crippen LogP contribution >= 0.6 is 0 Å². The number of unbranched alkanes of at least 4 members (excludes halogenated alkanes) is 67. The highest BCUT2D eigenvalue weighted by Crippen LogP contribution is 2.21. The van der Waals surface area contributed by atoms with Crippen LogP contribution in [-0.4, -0.2) is 47.4 Å². The second-order valence-corrected chi connectivity index (χ2v) is 29.2. The van der Waals surface area contributed by atoms with E-state index in [-0.39, 0.29) is 18.5 Å². The molecule has 0 heterocycles. The van der Waals surface area contributed by atoms with Gasteiger partial charge in [0.1, 0.15) is 0 Å². The predicted octanol–water partition coefficient (Wildman–Crippen LogP) is 27.8. The monoisotopic (exact) mass is 1270 g/mol. The lowest BCUT2D eigenvalue weighted by molar-refractivity contribution is -0.143. The number of esters is 1. The first-order chi connectivity index (χ1) is 44.5. The molecule has 6 heteroatoms. The van der Waals surface area contributed by atoms with Crippen molar-refractivity contribution in [1.82, 2.24) is 5.32 Å². The zero-order valence-electron chi connectivity index (χ0n) is 61.7. The summed E-state index contributed by atoms with van der Waals surface area (Å²) in [7, 11) is 0. The Balaban J connectivity index is 3.30. The van der Waals surface area contributed by atoms with E-state index in [1.165, 1.54) is 411 Å². The number of allylic oxidation sites excluding steroid dienone is 2. The Morgan fingerprint density at radius 3 is 0.789 bits per heavy atom. The minimum Gasteiger partial charge on any atom is -0.466 e. The standard InChI is InChI=1S/C84H165NO5/c1-3-5-7-9-11-13-15-17-19-20-21-22-40-43-46-49-52-56-60-64-68-72-76-82(87)81(80-86)85-83(88)77-73-69-65-61-57-53-50-47-44-41-38-36-34-32-30-28-26-24-23-25-27-29-31-33-35-37-39-42-45-48-51-55-59-63-67-71-75-79-90-84(89)78-74-70-66-62-58-54-18-16-14-12-10-8-6-4-2/h16,18,81-82,86-87H,3-15,17,19-80H2,1-2H3,(H,85,88)/b18-16-. The van der Waals surface area contributed by atoms with Gasteiger partial charge in [-0.2, -0.15) is 0 Å². The van der Waals surface area contributed by atoms with Crippen molar-refractivity contribution in [3.8, 4) is 0 Å². The lowest BCUT2D eigenvalue weighted by Crippen LogP contribution is -2.45. The molecule has 0 saturated heterocycles. The van der Waals surface area contributed by atoms with Gasteiger partial charge in [0, 0.05) is 12.8 Å². The van der Waals surface area contributed by atoms with E-state index in [1.54, 1.807) is 0 Å². The molecule has 536 valence electrons. The molecule has 2 unspecified atom stereocenters. The van der Waals surface area contributed by atoms with E-state index in [4.69, 9.17) is 4.74 Å². The lowest BCUT2D eigenvalue weighted by atomic mass is 10.0.